The van der Waals surface area contributed by atoms with Gasteiger partial charge in [0.05, 0.1) is 7.11 Å². The van der Waals surface area contributed by atoms with E-state index in [1.807, 2.05) is 12.1 Å². The highest BCUT2D eigenvalue weighted by Crippen LogP contribution is 2.17. The first-order valence-corrected chi connectivity index (χ1v) is 6.32. The van der Waals surface area contributed by atoms with E-state index < -0.39 is 10.0 Å². The Morgan fingerprint density at radius 1 is 1.38 bits per heavy atom. The average Bonchev–Trinajstić information content (AvgIpc) is 2.28. The molecule has 1 atom stereocenters. The summed E-state index contributed by atoms with van der Waals surface area (Å²) in [6.45, 7) is 5.00. The van der Waals surface area contributed by atoms with Crippen molar-refractivity contribution in [3.05, 3.63) is 41.8 Å². The summed E-state index contributed by atoms with van der Waals surface area (Å²) in [5.74, 6) is 0.738. The summed E-state index contributed by atoms with van der Waals surface area (Å²) in [5, 5.41) is 0.896. The molecule has 0 radical (unpaired) electrons. The van der Waals surface area contributed by atoms with Crippen LogP contribution in [-0.2, 0) is 10.0 Å². The third-order valence-corrected chi connectivity index (χ3v) is 3.30. The van der Waals surface area contributed by atoms with Gasteiger partial charge in [-0.05, 0) is 24.6 Å². The van der Waals surface area contributed by atoms with Gasteiger partial charge in [0, 0.05) is 11.4 Å². The van der Waals surface area contributed by atoms with E-state index in [1.165, 1.54) is 0 Å². The second kappa shape index (κ2) is 5.14. The van der Waals surface area contributed by atoms with Gasteiger partial charge in [-0.25, -0.2) is 13.1 Å². The van der Waals surface area contributed by atoms with E-state index in [9.17, 15) is 8.42 Å². The first kappa shape index (κ1) is 12.7. The molecule has 0 spiro atoms. The highest BCUT2D eigenvalue weighted by molar-refractivity contribution is 7.92. The Kier molecular flexibility index (Phi) is 4.09. The number of benzene rings is 1. The van der Waals surface area contributed by atoms with Crippen LogP contribution in [0.15, 0.2) is 36.3 Å². The molecule has 0 aliphatic heterocycles. The summed E-state index contributed by atoms with van der Waals surface area (Å²) in [7, 11) is -1.82. The molecule has 4 nitrogen and oxygen atoms in total. The fraction of sp³-hybridized carbons (Fsp3) is 0.273. The Morgan fingerprint density at radius 3 is 2.38 bits per heavy atom. The van der Waals surface area contributed by atoms with Gasteiger partial charge in [0.15, 0.2) is 0 Å². The van der Waals surface area contributed by atoms with Gasteiger partial charge in [-0.2, -0.15) is 0 Å². The van der Waals surface area contributed by atoms with E-state index >= 15 is 0 Å². The van der Waals surface area contributed by atoms with E-state index in [2.05, 4.69) is 11.3 Å². The minimum Gasteiger partial charge on any atom is -0.497 e. The highest BCUT2D eigenvalue weighted by Gasteiger charge is 2.11. The van der Waals surface area contributed by atoms with Crippen LogP contribution in [-0.4, -0.2) is 15.5 Å². The van der Waals surface area contributed by atoms with Crippen molar-refractivity contribution in [3.63, 3.8) is 0 Å². The Balaban J connectivity index is 2.81. The fourth-order valence-corrected chi connectivity index (χ4v) is 1.98. The molecule has 1 aromatic rings. The Bertz CT molecular complexity index is 451. The van der Waals surface area contributed by atoms with Gasteiger partial charge in [-0.1, -0.05) is 18.7 Å². The monoisotopic (exact) mass is 241 g/mol. The molecule has 0 aliphatic rings. The molecule has 0 aromatic heterocycles. The van der Waals surface area contributed by atoms with E-state index in [0.717, 1.165) is 16.7 Å². The van der Waals surface area contributed by atoms with Gasteiger partial charge < -0.3 is 4.74 Å². The van der Waals surface area contributed by atoms with E-state index in [-0.39, 0.29) is 6.04 Å². The number of hydrogen-bond acceptors (Lipinski definition) is 3. The summed E-state index contributed by atoms with van der Waals surface area (Å²) in [5.41, 5.74) is 0.867. The minimum absolute atomic E-state index is 0.297. The van der Waals surface area contributed by atoms with Crippen LogP contribution in [0.2, 0.25) is 0 Å². The van der Waals surface area contributed by atoms with Crippen molar-refractivity contribution in [2.75, 3.05) is 7.11 Å². The maximum atomic E-state index is 11.3. The van der Waals surface area contributed by atoms with Crippen molar-refractivity contribution in [1.82, 2.24) is 4.72 Å². The number of hydrogen-bond donors (Lipinski definition) is 1. The zero-order valence-electron chi connectivity index (χ0n) is 9.30. The zero-order valence-corrected chi connectivity index (χ0v) is 10.1. The molecule has 16 heavy (non-hydrogen) atoms. The minimum atomic E-state index is -3.40. The van der Waals surface area contributed by atoms with Crippen LogP contribution in [0, 0.1) is 0 Å². The molecule has 0 heterocycles. The molecular formula is C11H15NO3S. The van der Waals surface area contributed by atoms with Gasteiger partial charge in [0.25, 0.3) is 0 Å². The number of sulfonamides is 1. The summed E-state index contributed by atoms with van der Waals surface area (Å²) >= 11 is 0. The largest absolute Gasteiger partial charge is 0.497 e. The second-order valence-corrected chi connectivity index (χ2v) is 4.98. The molecule has 0 aliphatic carbocycles. The first-order chi connectivity index (χ1) is 7.48. The Labute approximate surface area is 96.0 Å². The first-order valence-electron chi connectivity index (χ1n) is 4.77. The predicted octanol–water partition coefficient (Wildman–Crippen LogP) is 1.82. The molecule has 0 unspecified atom stereocenters. The van der Waals surface area contributed by atoms with Crippen LogP contribution in [0.3, 0.4) is 0 Å². The summed E-state index contributed by atoms with van der Waals surface area (Å²) in [6.07, 6.45) is 0. The molecule has 1 rings (SSSR count). The lowest BCUT2D eigenvalue weighted by atomic mass is 10.1. The molecule has 0 bridgehead atoms. The Morgan fingerprint density at radius 2 is 1.94 bits per heavy atom. The third kappa shape index (κ3) is 3.36. The maximum absolute atomic E-state index is 11.3. The SMILES string of the molecule is C=CS(=O)(=O)N[C@@H](C)c1ccc(OC)cc1. The molecule has 1 N–H and O–H groups in total. The molecule has 5 heteroatoms. The normalized spacial score (nSPS) is 13.1. The molecule has 0 amide bonds. The average molecular weight is 241 g/mol. The van der Waals surface area contributed by atoms with Crippen molar-refractivity contribution in [2.45, 2.75) is 13.0 Å². The molecule has 0 saturated heterocycles. The number of ether oxygens (including phenoxy) is 1. The lowest BCUT2D eigenvalue weighted by molar-refractivity contribution is 0.414. The lowest BCUT2D eigenvalue weighted by Crippen LogP contribution is -2.24. The van der Waals surface area contributed by atoms with Crippen LogP contribution in [0.1, 0.15) is 18.5 Å². The van der Waals surface area contributed by atoms with Gasteiger partial charge >= 0.3 is 0 Å². The van der Waals surface area contributed by atoms with Gasteiger partial charge in [0.1, 0.15) is 5.75 Å². The lowest BCUT2D eigenvalue weighted by Gasteiger charge is -2.13. The van der Waals surface area contributed by atoms with Crippen LogP contribution in [0.5, 0.6) is 5.75 Å². The highest BCUT2D eigenvalue weighted by atomic mass is 32.2. The van der Waals surface area contributed by atoms with Crippen molar-refractivity contribution in [2.24, 2.45) is 0 Å². The summed E-state index contributed by atoms with van der Waals surface area (Å²) < 4.78 is 30.0. The van der Waals surface area contributed by atoms with E-state index in [0.29, 0.717) is 0 Å². The van der Waals surface area contributed by atoms with Crippen LogP contribution in [0.25, 0.3) is 0 Å². The van der Waals surface area contributed by atoms with Crippen molar-refractivity contribution < 1.29 is 13.2 Å². The standard InChI is InChI=1S/C11H15NO3S/c1-4-16(13,14)12-9(2)10-5-7-11(15-3)8-6-10/h4-9,12H,1H2,2-3H3/t9-/m0/s1. The number of methoxy groups -OCH3 is 1. The van der Waals surface area contributed by atoms with Gasteiger partial charge in [-0.15, -0.1) is 0 Å². The van der Waals surface area contributed by atoms with Crippen LogP contribution in [0.4, 0.5) is 0 Å². The molecule has 0 fully saturated rings. The zero-order chi connectivity index (χ0) is 12.2. The summed E-state index contributed by atoms with van der Waals surface area (Å²) in [6, 6.07) is 6.90. The number of rotatable bonds is 5. The van der Waals surface area contributed by atoms with Gasteiger partial charge in [-0.3, -0.25) is 0 Å². The summed E-state index contributed by atoms with van der Waals surface area (Å²) in [4.78, 5) is 0. The number of nitrogens with one attached hydrogen (secondary N) is 1. The fourth-order valence-electron chi connectivity index (χ4n) is 1.26. The molecular weight excluding hydrogens is 226 g/mol. The van der Waals surface area contributed by atoms with E-state index in [4.69, 9.17) is 4.74 Å². The van der Waals surface area contributed by atoms with Gasteiger partial charge in [0.2, 0.25) is 10.0 Å². The smallest absolute Gasteiger partial charge is 0.233 e. The molecule has 88 valence electrons. The van der Waals surface area contributed by atoms with Crippen LogP contribution >= 0.6 is 0 Å². The second-order valence-electron chi connectivity index (χ2n) is 3.32. The van der Waals surface area contributed by atoms with Crippen LogP contribution < -0.4 is 9.46 Å². The quantitative estimate of drug-likeness (QED) is 0.855. The van der Waals surface area contributed by atoms with Crippen molar-refractivity contribution in [1.29, 1.82) is 0 Å². The molecule has 0 saturated carbocycles. The third-order valence-electron chi connectivity index (χ3n) is 2.18. The van der Waals surface area contributed by atoms with Crippen molar-refractivity contribution in [3.8, 4) is 5.75 Å². The van der Waals surface area contributed by atoms with Crippen molar-refractivity contribution >= 4 is 10.0 Å². The predicted molar refractivity (Wildman–Crippen MR) is 63.7 cm³/mol. The Hall–Kier alpha value is -1.33. The van der Waals surface area contributed by atoms with E-state index in [1.54, 1.807) is 26.2 Å². The maximum Gasteiger partial charge on any atom is 0.233 e. The topological polar surface area (TPSA) is 55.4 Å². The molecule has 1 aromatic carbocycles.